The van der Waals surface area contributed by atoms with Crippen molar-refractivity contribution in [3.63, 3.8) is 0 Å². The van der Waals surface area contributed by atoms with Gasteiger partial charge < -0.3 is 10.6 Å². The Morgan fingerprint density at radius 1 is 1.16 bits per heavy atom. The van der Waals surface area contributed by atoms with Crippen LogP contribution in [0.25, 0.3) is 0 Å². The van der Waals surface area contributed by atoms with Gasteiger partial charge in [0, 0.05) is 43.8 Å². The van der Waals surface area contributed by atoms with Gasteiger partial charge in [0.05, 0.1) is 0 Å². The van der Waals surface area contributed by atoms with Gasteiger partial charge in [0.15, 0.2) is 11.6 Å². The Hall–Kier alpha value is -2.01. The fourth-order valence-electron chi connectivity index (χ4n) is 1.85. The maximum absolute atomic E-state index is 13.3. The van der Waals surface area contributed by atoms with Crippen LogP contribution in [0, 0.1) is 11.6 Å². The van der Waals surface area contributed by atoms with Crippen molar-refractivity contribution >= 4 is 5.69 Å². The summed E-state index contributed by atoms with van der Waals surface area (Å²) in [6.07, 6.45) is 3.43. The number of aromatic nitrogens is 1. The fourth-order valence-corrected chi connectivity index (χ4v) is 1.85. The highest BCUT2D eigenvalue weighted by molar-refractivity contribution is 5.47. The Labute approximate surface area is 110 Å². The second kappa shape index (κ2) is 6.24. The number of pyridine rings is 1. The van der Waals surface area contributed by atoms with Crippen molar-refractivity contribution < 1.29 is 8.78 Å². The molecule has 0 aliphatic carbocycles. The van der Waals surface area contributed by atoms with E-state index in [4.69, 9.17) is 5.73 Å². The molecule has 2 rings (SSSR count). The van der Waals surface area contributed by atoms with E-state index < -0.39 is 11.6 Å². The Morgan fingerprint density at radius 3 is 2.63 bits per heavy atom. The number of hydrogen-bond acceptors (Lipinski definition) is 3. The van der Waals surface area contributed by atoms with Gasteiger partial charge >= 0.3 is 0 Å². The van der Waals surface area contributed by atoms with E-state index in [2.05, 4.69) is 4.98 Å². The number of nitrogens with zero attached hydrogens (tertiary/aromatic N) is 2. The molecular weight excluding hydrogens is 248 g/mol. The standard InChI is InChI=1S/C14H15F2N3/c15-13-4-3-12(8-14(13)16)19(7-5-17)10-11-2-1-6-18-9-11/h1-4,6,8-9H,5,7,10,17H2. The Kier molecular flexibility index (Phi) is 4.41. The van der Waals surface area contributed by atoms with Crippen LogP contribution >= 0.6 is 0 Å². The third kappa shape index (κ3) is 3.48. The van der Waals surface area contributed by atoms with Crippen molar-refractivity contribution in [3.05, 3.63) is 59.9 Å². The van der Waals surface area contributed by atoms with E-state index in [1.807, 2.05) is 17.0 Å². The van der Waals surface area contributed by atoms with Crippen LogP contribution in [-0.4, -0.2) is 18.1 Å². The highest BCUT2D eigenvalue weighted by Gasteiger charge is 2.10. The van der Waals surface area contributed by atoms with E-state index in [-0.39, 0.29) is 0 Å². The number of hydrogen-bond donors (Lipinski definition) is 1. The molecule has 0 aliphatic rings. The summed E-state index contributed by atoms with van der Waals surface area (Å²) in [7, 11) is 0. The number of rotatable bonds is 5. The summed E-state index contributed by atoms with van der Waals surface area (Å²) in [6, 6.07) is 7.61. The predicted octanol–water partition coefficient (Wildman–Crippen LogP) is 2.33. The lowest BCUT2D eigenvalue weighted by Gasteiger charge is -2.24. The van der Waals surface area contributed by atoms with Crippen molar-refractivity contribution in [3.8, 4) is 0 Å². The van der Waals surface area contributed by atoms with Gasteiger partial charge in [-0.2, -0.15) is 0 Å². The van der Waals surface area contributed by atoms with E-state index in [1.165, 1.54) is 6.07 Å². The van der Waals surface area contributed by atoms with Gasteiger partial charge in [-0.15, -0.1) is 0 Å². The minimum absolute atomic E-state index is 0.430. The van der Waals surface area contributed by atoms with Crippen molar-refractivity contribution in [1.29, 1.82) is 0 Å². The molecule has 19 heavy (non-hydrogen) atoms. The van der Waals surface area contributed by atoms with Crippen molar-refractivity contribution in [2.45, 2.75) is 6.54 Å². The van der Waals surface area contributed by atoms with Gasteiger partial charge in [0.2, 0.25) is 0 Å². The lowest BCUT2D eigenvalue weighted by Crippen LogP contribution is -2.29. The quantitative estimate of drug-likeness (QED) is 0.900. The highest BCUT2D eigenvalue weighted by Crippen LogP contribution is 2.19. The molecule has 2 N–H and O–H groups in total. The molecule has 0 aliphatic heterocycles. The fraction of sp³-hybridized carbons (Fsp3) is 0.214. The number of nitrogens with two attached hydrogens (primary N) is 1. The molecule has 0 spiro atoms. The van der Waals surface area contributed by atoms with Crippen molar-refractivity contribution in [2.75, 3.05) is 18.0 Å². The molecule has 0 atom stereocenters. The largest absolute Gasteiger partial charge is 0.366 e. The molecule has 0 radical (unpaired) electrons. The minimum atomic E-state index is -0.856. The molecule has 5 heteroatoms. The van der Waals surface area contributed by atoms with Crippen molar-refractivity contribution in [1.82, 2.24) is 4.98 Å². The van der Waals surface area contributed by atoms with E-state index in [0.29, 0.717) is 25.3 Å². The van der Waals surface area contributed by atoms with Crippen LogP contribution < -0.4 is 10.6 Å². The summed E-state index contributed by atoms with van der Waals surface area (Å²) in [5.74, 6) is -1.71. The molecule has 1 aromatic heterocycles. The SMILES string of the molecule is NCCN(Cc1cccnc1)c1ccc(F)c(F)c1. The van der Waals surface area contributed by atoms with Crippen LogP contribution in [0.5, 0.6) is 0 Å². The zero-order valence-electron chi connectivity index (χ0n) is 10.4. The Morgan fingerprint density at radius 2 is 2.00 bits per heavy atom. The first-order chi connectivity index (χ1) is 9.20. The van der Waals surface area contributed by atoms with Gasteiger partial charge in [0.25, 0.3) is 0 Å². The summed E-state index contributed by atoms with van der Waals surface area (Å²) < 4.78 is 26.2. The predicted molar refractivity (Wildman–Crippen MR) is 70.7 cm³/mol. The van der Waals surface area contributed by atoms with Crippen LogP contribution in [-0.2, 0) is 6.54 Å². The summed E-state index contributed by atoms with van der Waals surface area (Å²) in [4.78, 5) is 5.92. The topological polar surface area (TPSA) is 42.1 Å². The van der Waals surface area contributed by atoms with Gasteiger partial charge in [-0.3, -0.25) is 4.98 Å². The minimum Gasteiger partial charge on any atom is -0.366 e. The number of benzene rings is 1. The van der Waals surface area contributed by atoms with Crippen LogP contribution in [0.3, 0.4) is 0 Å². The monoisotopic (exact) mass is 263 g/mol. The van der Waals surface area contributed by atoms with Crippen molar-refractivity contribution in [2.24, 2.45) is 5.73 Å². The second-order valence-electron chi connectivity index (χ2n) is 4.17. The summed E-state index contributed by atoms with van der Waals surface area (Å²) >= 11 is 0. The average Bonchev–Trinajstić information content (AvgIpc) is 2.43. The zero-order valence-corrected chi connectivity index (χ0v) is 10.4. The third-order valence-electron chi connectivity index (χ3n) is 2.76. The molecule has 1 aromatic carbocycles. The average molecular weight is 263 g/mol. The molecule has 0 bridgehead atoms. The molecule has 3 nitrogen and oxygen atoms in total. The molecule has 2 aromatic rings. The smallest absolute Gasteiger partial charge is 0.160 e. The van der Waals surface area contributed by atoms with Gasteiger partial charge in [-0.25, -0.2) is 8.78 Å². The molecule has 1 heterocycles. The van der Waals surface area contributed by atoms with Crippen LogP contribution in [0.1, 0.15) is 5.56 Å². The molecular formula is C14H15F2N3. The van der Waals surface area contributed by atoms with E-state index in [0.717, 1.165) is 11.6 Å². The molecule has 0 unspecified atom stereocenters. The molecule has 0 saturated heterocycles. The van der Waals surface area contributed by atoms with Gasteiger partial charge in [0.1, 0.15) is 0 Å². The second-order valence-corrected chi connectivity index (χ2v) is 4.17. The first kappa shape index (κ1) is 13.4. The summed E-state index contributed by atoms with van der Waals surface area (Å²) in [5.41, 5.74) is 7.15. The van der Waals surface area contributed by atoms with Crippen LogP contribution in [0.2, 0.25) is 0 Å². The molecule has 0 saturated carbocycles. The molecule has 0 amide bonds. The Balaban J connectivity index is 2.21. The van der Waals surface area contributed by atoms with Gasteiger partial charge in [-0.05, 0) is 23.8 Å². The summed E-state index contributed by atoms with van der Waals surface area (Å²) in [5, 5.41) is 0. The van der Waals surface area contributed by atoms with Gasteiger partial charge in [-0.1, -0.05) is 6.07 Å². The lowest BCUT2D eigenvalue weighted by molar-refractivity contribution is 0.508. The Bertz CT molecular complexity index is 531. The van der Waals surface area contributed by atoms with Crippen LogP contribution in [0.4, 0.5) is 14.5 Å². The summed E-state index contributed by atoms with van der Waals surface area (Å²) in [6.45, 7) is 1.54. The van der Waals surface area contributed by atoms with E-state index in [9.17, 15) is 8.78 Å². The van der Waals surface area contributed by atoms with E-state index in [1.54, 1.807) is 18.5 Å². The molecule has 100 valence electrons. The zero-order chi connectivity index (χ0) is 13.7. The molecule has 0 fully saturated rings. The van der Waals surface area contributed by atoms with E-state index >= 15 is 0 Å². The number of anilines is 1. The lowest BCUT2D eigenvalue weighted by atomic mass is 10.2. The number of halogens is 2. The normalized spacial score (nSPS) is 10.5. The maximum atomic E-state index is 13.3. The highest BCUT2D eigenvalue weighted by atomic mass is 19.2. The first-order valence-corrected chi connectivity index (χ1v) is 5.99. The third-order valence-corrected chi connectivity index (χ3v) is 2.76. The first-order valence-electron chi connectivity index (χ1n) is 5.99. The van der Waals surface area contributed by atoms with Crippen LogP contribution in [0.15, 0.2) is 42.7 Å². The maximum Gasteiger partial charge on any atom is 0.160 e.